The van der Waals surface area contributed by atoms with Crippen LogP contribution in [0, 0.1) is 6.92 Å². The monoisotopic (exact) mass is 200 g/mol. The first-order chi connectivity index (χ1) is 7.34. The van der Waals surface area contributed by atoms with Crippen LogP contribution in [0.2, 0.25) is 0 Å². The fraction of sp³-hybridized carbons (Fsp3) is 0.308. The molecule has 2 rings (SSSR count). The van der Waals surface area contributed by atoms with Crippen molar-refractivity contribution in [2.75, 3.05) is 0 Å². The van der Waals surface area contributed by atoms with E-state index in [1.807, 2.05) is 13.1 Å². The van der Waals surface area contributed by atoms with Crippen LogP contribution in [0.1, 0.15) is 23.5 Å². The molecule has 2 heteroatoms. The summed E-state index contributed by atoms with van der Waals surface area (Å²) in [4.78, 5) is 7.57. The second-order valence-corrected chi connectivity index (χ2v) is 3.83. The van der Waals surface area contributed by atoms with Gasteiger partial charge in [-0.3, -0.25) is 0 Å². The summed E-state index contributed by atoms with van der Waals surface area (Å²) in [6.07, 6.45) is 5.26. The van der Waals surface area contributed by atoms with Gasteiger partial charge in [-0.25, -0.2) is 4.98 Å². The molecule has 1 N–H and O–H groups in total. The fourth-order valence-electron chi connectivity index (χ4n) is 1.70. The van der Waals surface area contributed by atoms with Gasteiger partial charge in [-0.1, -0.05) is 30.3 Å². The lowest BCUT2D eigenvalue weighted by Crippen LogP contribution is -1.91. The van der Waals surface area contributed by atoms with E-state index in [1.54, 1.807) is 0 Å². The van der Waals surface area contributed by atoms with Crippen LogP contribution in [0.15, 0.2) is 36.5 Å². The van der Waals surface area contributed by atoms with E-state index in [0.29, 0.717) is 0 Å². The molecule has 2 aromatic rings. The number of aromatic nitrogens is 2. The predicted octanol–water partition coefficient (Wildman–Crippen LogP) is 2.89. The molecule has 0 spiro atoms. The highest BCUT2D eigenvalue weighted by Gasteiger charge is 1.98. The summed E-state index contributed by atoms with van der Waals surface area (Å²) in [6.45, 7) is 2.01. The molecule has 1 heterocycles. The van der Waals surface area contributed by atoms with Gasteiger partial charge in [0.1, 0.15) is 5.82 Å². The van der Waals surface area contributed by atoms with Gasteiger partial charge in [0.05, 0.1) is 5.69 Å². The number of rotatable bonds is 4. The van der Waals surface area contributed by atoms with E-state index in [0.717, 1.165) is 30.8 Å². The normalized spacial score (nSPS) is 10.5. The van der Waals surface area contributed by atoms with Gasteiger partial charge in [0.25, 0.3) is 0 Å². The Morgan fingerprint density at radius 3 is 2.60 bits per heavy atom. The van der Waals surface area contributed by atoms with Crippen molar-refractivity contribution >= 4 is 0 Å². The topological polar surface area (TPSA) is 28.7 Å². The van der Waals surface area contributed by atoms with Gasteiger partial charge in [0, 0.05) is 12.6 Å². The molecule has 0 fully saturated rings. The van der Waals surface area contributed by atoms with Crippen molar-refractivity contribution in [2.24, 2.45) is 0 Å². The number of H-pyrrole nitrogens is 1. The van der Waals surface area contributed by atoms with Crippen LogP contribution in [0.5, 0.6) is 0 Å². The van der Waals surface area contributed by atoms with Crippen LogP contribution in [-0.2, 0) is 12.8 Å². The van der Waals surface area contributed by atoms with Crippen molar-refractivity contribution in [2.45, 2.75) is 26.2 Å². The van der Waals surface area contributed by atoms with Crippen molar-refractivity contribution in [3.05, 3.63) is 53.6 Å². The highest BCUT2D eigenvalue weighted by Crippen LogP contribution is 2.05. The molecule has 0 saturated carbocycles. The Hall–Kier alpha value is -1.57. The zero-order valence-corrected chi connectivity index (χ0v) is 9.03. The summed E-state index contributed by atoms with van der Waals surface area (Å²) < 4.78 is 0. The highest BCUT2D eigenvalue weighted by atomic mass is 14.9. The van der Waals surface area contributed by atoms with Gasteiger partial charge in [-0.05, 0) is 25.3 Å². The number of imidazole rings is 1. The molecule has 0 radical (unpaired) electrons. The number of aromatic amines is 1. The van der Waals surface area contributed by atoms with E-state index in [1.165, 1.54) is 5.56 Å². The Morgan fingerprint density at radius 2 is 1.93 bits per heavy atom. The third-order valence-electron chi connectivity index (χ3n) is 2.48. The van der Waals surface area contributed by atoms with Crippen molar-refractivity contribution in [1.82, 2.24) is 9.97 Å². The van der Waals surface area contributed by atoms with E-state index in [-0.39, 0.29) is 0 Å². The first-order valence-corrected chi connectivity index (χ1v) is 5.39. The molecule has 0 atom stereocenters. The number of nitrogens with one attached hydrogen (secondary N) is 1. The van der Waals surface area contributed by atoms with Crippen LogP contribution in [-0.4, -0.2) is 9.97 Å². The van der Waals surface area contributed by atoms with Crippen molar-refractivity contribution in [3.63, 3.8) is 0 Å². The van der Waals surface area contributed by atoms with Gasteiger partial charge < -0.3 is 4.98 Å². The van der Waals surface area contributed by atoms with Crippen LogP contribution >= 0.6 is 0 Å². The first-order valence-electron chi connectivity index (χ1n) is 5.39. The summed E-state index contributed by atoms with van der Waals surface area (Å²) in [5, 5.41) is 0. The average molecular weight is 200 g/mol. The molecule has 0 aliphatic carbocycles. The summed E-state index contributed by atoms with van der Waals surface area (Å²) >= 11 is 0. The summed E-state index contributed by atoms with van der Waals surface area (Å²) in [5.41, 5.74) is 2.48. The molecule has 0 bridgehead atoms. The number of nitrogens with zero attached hydrogens (tertiary/aromatic N) is 1. The minimum atomic E-state index is 1.03. The maximum absolute atomic E-state index is 4.39. The molecular weight excluding hydrogens is 184 g/mol. The van der Waals surface area contributed by atoms with E-state index >= 15 is 0 Å². The number of hydrogen-bond donors (Lipinski definition) is 1. The molecule has 0 saturated heterocycles. The molecule has 78 valence electrons. The number of benzene rings is 1. The summed E-state index contributed by atoms with van der Waals surface area (Å²) in [5.74, 6) is 1.10. The molecule has 15 heavy (non-hydrogen) atoms. The van der Waals surface area contributed by atoms with Gasteiger partial charge >= 0.3 is 0 Å². The molecular formula is C13H16N2. The molecule has 0 aliphatic rings. The highest BCUT2D eigenvalue weighted by molar-refractivity contribution is 5.14. The third-order valence-corrected chi connectivity index (χ3v) is 2.48. The van der Waals surface area contributed by atoms with Crippen LogP contribution in [0.4, 0.5) is 0 Å². The molecule has 0 unspecified atom stereocenters. The SMILES string of the molecule is Cc1c[nH]c(CCCc2ccccc2)n1. The lowest BCUT2D eigenvalue weighted by molar-refractivity contribution is 0.781. The second kappa shape index (κ2) is 4.78. The van der Waals surface area contributed by atoms with E-state index in [4.69, 9.17) is 0 Å². The lowest BCUT2D eigenvalue weighted by Gasteiger charge is -1.99. The Balaban J connectivity index is 1.80. The van der Waals surface area contributed by atoms with Crippen LogP contribution in [0.25, 0.3) is 0 Å². The predicted molar refractivity (Wildman–Crippen MR) is 61.8 cm³/mol. The Bertz CT molecular complexity index is 403. The van der Waals surface area contributed by atoms with E-state index in [2.05, 4.69) is 40.3 Å². The summed E-state index contributed by atoms with van der Waals surface area (Å²) in [7, 11) is 0. The zero-order chi connectivity index (χ0) is 10.5. The largest absolute Gasteiger partial charge is 0.348 e. The van der Waals surface area contributed by atoms with E-state index in [9.17, 15) is 0 Å². The van der Waals surface area contributed by atoms with Crippen molar-refractivity contribution < 1.29 is 0 Å². The second-order valence-electron chi connectivity index (χ2n) is 3.83. The molecule has 0 amide bonds. The minimum absolute atomic E-state index is 1.03. The van der Waals surface area contributed by atoms with Gasteiger partial charge in [-0.2, -0.15) is 0 Å². The van der Waals surface area contributed by atoms with E-state index < -0.39 is 0 Å². The molecule has 2 nitrogen and oxygen atoms in total. The van der Waals surface area contributed by atoms with Crippen molar-refractivity contribution in [3.8, 4) is 0 Å². The molecule has 1 aromatic carbocycles. The maximum Gasteiger partial charge on any atom is 0.106 e. The Labute approximate surface area is 90.4 Å². The molecule has 1 aromatic heterocycles. The Morgan fingerprint density at radius 1 is 1.13 bits per heavy atom. The van der Waals surface area contributed by atoms with Gasteiger partial charge in [0.15, 0.2) is 0 Å². The Kier molecular flexibility index (Phi) is 3.18. The standard InChI is InChI=1S/C13H16N2/c1-11-10-14-13(15-11)9-5-8-12-6-3-2-4-7-12/h2-4,6-7,10H,5,8-9H2,1H3,(H,14,15). The zero-order valence-electron chi connectivity index (χ0n) is 9.03. The van der Waals surface area contributed by atoms with Gasteiger partial charge in [0.2, 0.25) is 0 Å². The van der Waals surface area contributed by atoms with Crippen LogP contribution < -0.4 is 0 Å². The summed E-state index contributed by atoms with van der Waals surface area (Å²) in [6, 6.07) is 10.6. The third kappa shape index (κ3) is 2.94. The quantitative estimate of drug-likeness (QED) is 0.807. The smallest absolute Gasteiger partial charge is 0.106 e. The first kappa shape index (κ1) is 9.97. The number of aryl methyl sites for hydroxylation is 3. The number of hydrogen-bond acceptors (Lipinski definition) is 1. The van der Waals surface area contributed by atoms with Gasteiger partial charge in [-0.15, -0.1) is 0 Å². The van der Waals surface area contributed by atoms with Crippen molar-refractivity contribution in [1.29, 1.82) is 0 Å². The minimum Gasteiger partial charge on any atom is -0.348 e. The average Bonchev–Trinajstić information content (AvgIpc) is 2.66. The molecule has 0 aliphatic heterocycles. The van der Waals surface area contributed by atoms with Crippen LogP contribution in [0.3, 0.4) is 0 Å². The lowest BCUT2D eigenvalue weighted by atomic mass is 10.1. The maximum atomic E-state index is 4.39. The fourth-order valence-corrected chi connectivity index (χ4v) is 1.70.